The van der Waals surface area contributed by atoms with Crippen molar-refractivity contribution in [3.05, 3.63) is 23.5 Å². The van der Waals surface area contributed by atoms with Gasteiger partial charge in [0, 0.05) is 11.7 Å². The number of rotatable bonds is 3. The van der Waals surface area contributed by atoms with Gasteiger partial charge >= 0.3 is 0 Å². The molecule has 0 spiro atoms. The number of benzene rings is 1. The Kier molecular flexibility index (Phi) is 4.03. The molecule has 1 saturated heterocycles. The van der Waals surface area contributed by atoms with Gasteiger partial charge in [-0.25, -0.2) is 12.8 Å². The van der Waals surface area contributed by atoms with E-state index in [0.29, 0.717) is 12.8 Å². The molecule has 1 aliphatic rings. The minimum atomic E-state index is -2.98. The summed E-state index contributed by atoms with van der Waals surface area (Å²) in [6.45, 7) is 0. The summed E-state index contributed by atoms with van der Waals surface area (Å²) in [7, 11) is 2.57. The molecule has 1 fully saturated rings. The van der Waals surface area contributed by atoms with E-state index in [2.05, 4.69) is 5.32 Å². The van der Waals surface area contributed by atoms with E-state index < -0.39 is 21.6 Å². The number of carbonyl (C=O) groups excluding carboxylic acids is 1. The van der Waals surface area contributed by atoms with E-state index in [-0.39, 0.29) is 34.3 Å². The first-order valence-corrected chi connectivity index (χ1v) is 7.96. The van der Waals surface area contributed by atoms with Crippen molar-refractivity contribution >= 4 is 34.7 Å². The summed E-state index contributed by atoms with van der Waals surface area (Å²) in [5.41, 5.74) is 5.27. The summed E-state index contributed by atoms with van der Waals surface area (Å²) in [4.78, 5) is 11.3. The smallest absolute Gasteiger partial charge is 0.253 e. The average molecular weight is 296 g/mol. The zero-order valence-electron chi connectivity index (χ0n) is 10.7. The Bertz CT molecular complexity index is 634. The van der Waals surface area contributed by atoms with Crippen LogP contribution in [0.15, 0.2) is 12.1 Å². The first kappa shape index (κ1) is 14.8. The number of nitrogens with two attached hydrogens (primary N) is 1. The topological polar surface area (TPSA) is 89.3 Å². The average Bonchev–Trinajstić information content (AvgIpc) is 2.30. The van der Waals surface area contributed by atoms with E-state index in [1.807, 2.05) is 0 Å². The molecule has 1 heterocycles. The second-order valence-corrected chi connectivity index (χ2v) is 7.16. The van der Waals surface area contributed by atoms with Crippen LogP contribution in [0, 0.1) is 5.82 Å². The highest BCUT2D eigenvalue weighted by Gasteiger charge is 2.25. The molecule has 106 valence electrons. The van der Waals surface area contributed by atoms with Crippen LogP contribution in [0.3, 0.4) is 0 Å². The number of primary amides is 1. The molecule has 1 aromatic carbocycles. The Hall–Kier alpha value is -1.57. The molecule has 0 aromatic heterocycles. The van der Waals surface area contributed by atoms with Gasteiger partial charge in [-0.1, -0.05) is 5.46 Å². The molecule has 1 aromatic rings. The van der Waals surface area contributed by atoms with Gasteiger partial charge in [-0.2, -0.15) is 0 Å². The molecule has 1 aliphatic heterocycles. The number of carbonyl (C=O) groups is 1. The second kappa shape index (κ2) is 5.44. The van der Waals surface area contributed by atoms with Crippen molar-refractivity contribution in [2.45, 2.75) is 18.9 Å². The third kappa shape index (κ3) is 3.30. The monoisotopic (exact) mass is 296 g/mol. The van der Waals surface area contributed by atoms with Crippen LogP contribution in [0.25, 0.3) is 0 Å². The van der Waals surface area contributed by atoms with Gasteiger partial charge in [0.15, 0.2) is 0 Å². The number of nitrogens with one attached hydrogen (secondary N) is 1. The van der Waals surface area contributed by atoms with Crippen LogP contribution in [0.1, 0.15) is 23.2 Å². The van der Waals surface area contributed by atoms with Gasteiger partial charge in [-0.05, 0) is 25.0 Å². The Morgan fingerprint density at radius 1 is 1.35 bits per heavy atom. The fourth-order valence-electron chi connectivity index (χ4n) is 2.25. The molecule has 2 radical (unpaired) electrons. The number of halogens is 1. The van der Waals surface area contributed by atoms with Crippen molar-refractivity contribution in [2.75, 3.05) is 16.8 Å². The molecular formula is C12H14BFN2O3S. The Balaban J connectivity index is 2.23. The summed E-state index contributed by atoms with van der Waals surface area (Å²) in [6.07, 6.45) is 0.800. The zero-order chi connectivity index (χ0) is 14.9. The van der Waals surface area contributed by atoms with Crippen LogP contribution in [-0.4, -0.2) is 39.7 Å². The van der Waals surface area contributed by atoms with Crippen LogP contribution in [0.5, 0.6) is 0 Å². The van der Waals surface area contributed by atoms with Crippen molar-refractivity contribution in [3.63, 3.8) is 0 Å². The van der Waals surface area contributed by atoms with Crippen molar-refractivity contribution < 1.29 is 17.6 Å². The fourth-order valence-corrected chi connectivity index (χ4v) is 3.74. The van der Waals surface area contributed by atoms with Gasteiger partial charge < -0.3 is 11.1 Å². The minimum absolute atomic E-state index is 0.0708. The van der Waals surface area contributed by atoms with E-state index >= 15 is 0 Å². The van der Waals surface area contributed by atoms with Crippen LogP contribution in [-0.2, 0) is 9.84 Å². The molecule has 2 rings (SSSR count). The third-order valence-electron chi connectivity index (χ3n) is 3.27. The molecule has 5 nitrogen and oxygen atoms in total. The lowest BCUT2D eigenvalue weighted by Gasteiger charge is -2.25. The van der Waals surface area contributed by atoms with Crippen molar-refractivity contribution in [2.24, 2.45) is 5.73 Å². The maximum atomic E-state index is 13.7. The largest absolute Gasteiger partial charge is 0.382 e. The quantitative estimate of drug-likeness (QED) is 0.750. The highest BCUT2D eigenvalue weighted by Crippen LogP contribution is 2.22. The number of anilines is 1. The zero-order valence-corrected chi connectivity index (χ0v) is 11.5. The summed E-state index contributed by atoms with van der Waals surface area (Å²) < 4.78 is 36.4. The van der Waals surface area contributed by atoms with Crippen LogP contribution in [0.4, 0.5) is 10.1 Å². The van der Waals surface area contributed by atoms with Crippen LogP contribution < -0.4 is 16.5 Å². The molecule has 8 heteroatoms. The van der Waals surface area contributed by atoms with Gasteiger partial charge in [-0.15, -0.1) is 0 Å². The Morgan fingerprint density at radius 3 is 2.50 bits per heavy atom. The lowest BCUT2D eigenvalue weighted by Crippen LogP contribution is -2.33. The highest BCUT2D eigenvalue weighted by atomic mass is 32.2. The van der Waals surface area contributed by atoms with Gasteiger partial charge in [0.05, 0.1) is 17.1 Å². The molecule has 1 amide bonds. The summed E-state index contributed by atoms with van der Waals surface area (Å²) in [5.74, 6) is -1.54. The van der Waals surface area contributed by atoms with E-state index in [0.717, 1.165) is 6.07 Å². The highest BCUT2D eigenvalue weighted by molar-refractivity contribution is 7.91. The molecular weight excluding hydrogens is 282 g/mol. The first-order valence-electron chi connectivity index (χ1n) is 6.14. The van der Waals surface area contributed by atoms with Gasteiger partial charge in [0.1, 0.15) is 23.5 Å². The fraction of sp³-hybridized carbons (Fsp3) is 0.417. The molecule has 3 N–H and O–H groups in total. The molecule has 0 saturated carbocycles. The van der Waals surface area contributed by atoms with E-state index in [4.69, 9.17) is 13.6 Å². The van der Waals surface area contributed by atoms with E-state index in [1.165, 1.54) is 6.07 Å². The number of hydrogen-bond donors (Lipinski definition) is 2. The van der Waals surface area contributed by atoms with E-state index in [9.17, 15) is 17.6 Å². The van der Waals surface area contributed by atoms with Gasteiger partial charge in [-0.3, -0.25) is 4.79 Å². The summed E-state index contributed by atoms with van der Waals surface area (Å²) in [5, 5.41) is 2.96. The summed E-state index contributed by atoms with van der Waals surface area (Å²) in [6, 6.07) is 2.29. The maximum absolute atomic E-state index is 13.7. The molecule has 0 aliphatic carbocycles. The first-order chi connectivity index (χ1) is 9.28. The third-order valence-corrected chi connectivity index (χ3v) is 4.99. The maximum Gasteiger partial charge on any atom is 0.253 e. The molecule has 0 unspecified atom stereocenters. The lowest BCUT2D eigenvalue weighted by molar-refractivity contribution is 0.0997. The predicted molar refractivity (Wildman–Crippen MR) is 75.6 cm³/mol. The molecule has 0 atom stereocenters. The van der Waals surface area contributed by atoms with Crippen molar-refractivity contribution in [3.8, 4) is 0 Å². The summed E-state index contributed by atoms with van der Waals surface area (Å²) >= 11 is 0. The number of amides is 1. The number of hydrogen-bond acceptors (Lipinski definition) is 4. The van der Waals surface area contributed by atoms with Crippen molar-refractivity contribution in [1.29, 1.82) is 0 Å². The van der Waals surface area contributed by atoms with Gasteiger partial charge in [0.25, 0.3) is 5.91 Å². The molecule has 0 bridgehead atoms. The minimum Gasteiger partial charge on any atom is -0.382 e. The normalized spacial score (nSPS) is 18.6. The Morgan fingerprint density at radius 2 is 1.95 bits per heavy atom. The second-order valence-electron chi connectivity index (χ2n) is 4.86. The van der Waals surface area contributed by atoms with Crippen LogP contribution in [0.2, 0.25) is 0 Å². The van der Waals surface area contributed by atoms with Crippen LogP contribution >= 0.6 is 0 Å². The SMILES string of the molecule is [B]c1cc(F)c(C(N)=O)c(NC2CCS(=O)(=O)CC2)c1. The number of sulfone groups is 1. The standard InChI is InChI=1S/C12H14BFN2O3S/c13-7-5-9(14)11(12(15)17)10(6-7)16-8-1-3-20(18,19)4-2-8/h5-6,8,16H,1-4H2,(H2,15,17). The lowest BCUT2D eigenvalue weighted by atomic mass is 9.93. The van der Waals surface area contributed by atoms with Gasteiger partial charge in [0.2, 0.25) is 0 Å². The van der Waals surface area contributed by atoms with Crippen molar-refractivity contribution in [1.82, 2.24) is 0 Å². The molecule has 20 heavy (non-hydrogen) atoms. The predicted octanol–water partition coefficient (Wildman–Crippen LogP) is -0.292. The van der Waals surface area contributed by atoms with E-state index in [1.54, 1.807) is 0 Å². The Labute approximate surface area is 118 Å².